The van der Waals surface area contributed by atoms with Crippen LogP contribution < -0.4 is 5.32 Å². The summed E-state index contributed by atoms with van der Waals surface area (Å²) in [6, 6.07) is 15.4. The highest BCUT2D eigenvalue weighted by Gasteiger charge is 2.31. The number of allylic oxidation sites excluding steroid dienone is 4. The number of nitrogens with zero attached hydrogens (tertiary/aromatic N) is 1. The molecule has 0 fully saturated rings. The van der Waals surface area contributed by atoms with E-state index in [-0.39, 0.29) is 30.5 Å². The Morgan fingerprint density at radius 3 is 2.32 bits per heavy atom. The normalized spacial score (nSPS) is 14.5. The molecule has 2 atom stereocenters. The molecule has 41 heavy (non-hydrogen) atoms. The monoisotopic (exact) mass is 560 g/mol. The van der Waals surface area contributed by atoms with Gasteiger partial charge in [0.2, 0.25) is 0 Å². The molecule has 0 bridgehead atoms. The van der Waals surface area contributed by atoms with Crippen molar-refractivity contribution in [2.75, 3.05) is 5.32 Å². The van der Waals surface area contributed by atoms with E-state index in [1.165, 1.54) is 12.1 Å². The van der Waals surface area contributed by atoms with E-state index in [1.54, 1.807) is 12.1 Å². The Morgan fingerprint density at radius 2 is 1.71 bits per heavy atom. The van der Waals surface area contributed by atoms with Gasteiger partial charge in [0.25, 0.3) is 5.91 Å². The van der Waals surface area contributed by atoms with Crippen molar-refractivity contribution in [2.45, 2.75) is 70.6 Å². The van der Waals surface area contributed by atoms with Crippen molar-refractivity contribution in [2.24, 2.45) is 0 Å². The lowest BCUT2D eigenvalue weighted by Crippen LogP contribution is -2.22. The minimum atomic E-state index is -1.17. The van der Waals surface area contributed by atoms with Crippen LogP contribution >= 0.6 is 0 Å². The van der Waals surface area contributed by atoms with E-state index in [4.69, 9.17) is 5.11 Å². The molecule has 4 rings (SSSR count). The van der Waals surface area contributed by atoms with Crippen molar-refractivity contribution in [3.05, 3.63) is 95.5 Å². The van der Waals surface area contributed by atoms with Gasteiger partial charge in [0, 0.05) is 23.5 Å². The number of amides is 1. The van der Waals surface area contributed by atoms with E-state index in [1.807, 2.05) is 54.8 Å². The molecule has 8 heteroatoms. The van der Waals surface area contributed by atoms with Gasteiger partial charge >= 0.3 is 5.97 Å². The van der Waals surface area contributed by atoms with Gasteiger partial charge in [0.05, 0.1) is 29.9 Å². The number of hydrogen-bond acceptors (Lipinski definition) is 4. The zero-order chi connectivity index (χ0) is 29.5. The minimum absolute atomic E-state index is 0.0848. The topological polar surface area (TPSA) is 112 Å². The van der Waals surface area contributed by atoms with Gasteiger partial charge in [-0.15, -0.1) is 0 Å². The van der Waals surface area contributed by atoms with Crippen molar-refractivity contribution < 1.29 is 29.3 Å². The molecule has 0 radical (unpaired) electrons. The molecule has 7 nitrogen and oxygen atoms in total. The predicted octanol–water partition coefficient (Wildman–Crippen LogP) is 6.38. The first-order chi connectivity index (χ1) is 19.7. The largest absolute Gasteiger partial charge is 0.481 e. The first-order valence-electron chi connectivity index (χ1n) is 14.0. The second kappa shape index (κ2) is 13.6. The summed E-state index contributed by atoms with van der Waals surface area (Å²) in [7, 11) is 0. The Labute approximate surface area is 239 Å². The van der Waals surface area contributed by atoms with E-state index >= 15 is 0 Å². The molecule has 2 aromatic carbocycles. The molecule has 1 heterocycles. The molecule has 3 aromatic rings. The third-order valence-corrected chi connectivity index (χ3v) is 7.15. The number of halogens is 1. The summed E-state index contributed by atoms with van der Waals surface area (Å²) in [5.74, 6) is -1.88. The van der Waals surface area contributed by atoms with Crippen LogP contribution in [0.4, 0.5) is 10.1 Å². The number of nitrogens with one attached hydrogen (secondary N) is 1. The zero-order valence-electron chi connectivity index (χ0n) is 23.4. The van der Waals surface area contributed by atoms with Crippen LogP contribution in [-0.2, 0) is 11.3 Å². The Kier molecular flexibility index (Phi) is 9.91. The van der Waals surface area contributed by atoms with E-state index < -0.39 is 24.6 Å². The Balaban J connectivity index is 1.88. The van der Waals surface area contributed by atoms with Crippen molar-refractivity contribution in [3.63, 3.8) is 0 Å². The molecule has 1 aromatic heterocycles. The summed E-state index contributed by atoms with van der Waals surface area (Å²) in [5, 5.41) is 32.8. The molecule has 4 N–H and O–H groups in total. The average molecular weight is 561 g/mol. The van der Waals surface area contributed by atoms with Gasteiger partial charge in [0.1, 0.15) is 5.82 Å². The van der Waals surface area contributed by atoms with Crippen LogP contribution in [0, 0.1) is 5.82 Å². The second-order valence-corrected chi connectivity index (χ2v) is 10.7. The maximum Gasteiger partial charge on any atom is 0.305 e. The number of aliphatic hydroxyl groups excluding tert-OH is 2. The summed E-state index contributed by atoms with van der Waals surface area (Å²) >= 11 is 0. The van der Waals surface area contributed by atoms with Crippen molar-refractivity contribution >= 4 is 23.1 Å². The third-order valence-electron chi connectivity index (χ3n) is 7.15. The Bertz CT molecular complexity index is 1420. The molecule has 2 unspecified atom stereocenters. The fourth-order valence-corrected chi connectivity index (χ4v) is 5.40. The molecular formula is C33H37FN2O5. The molecule has 0 saturated heterocycles. The summed E-state index contributed by atoms with van der Waals surface area (Å²) < 4.78 is 16.0. The number of carboxylic acid groups (broad SMARTS) is 1. The summed E-state index contributed by atoms with van der Waals surface area (Å²) in [6.07, 6.45) is 5.44. The average Bonchev–Trinajstić information content (AvgIpc) is 3.28. The highest BCUT2D eigenvalue weighted by Crippen LogP contribution is 2.41. The quantitative estimate of drug-likeness (QED) is 0.205. The number of carbonyl (C=O) groups is 2. The Hall–Kier alpha value is -4.01. The van der Waals surface area contributed by atoms with Gasteiger partial charge in [-0.1, -0.05) is 50.3 Å². The number of para-hydroxylation sites is 1. The molecule has 0 saturated carbocycles. The van der Waals surface area contributed by atoms with Crippen LogP contribution in [0.5, 0.6) is 0 Å². The minimum Gasteiger partial charge on any atom is -0.481 e. The number of aromatic nitrogens is 1. The maximum atomic E-state index is 14.1. The van der Waals surface area contributed by atoms with E-state index in [0.29, 0.717) is 17.8 Å². The fourth-order valence-electron chi connectivity index (χ4n) is 5.40. The van der Waals surface area contributed by atoms with Crippen molar-refractivity contribution in [3.8, 4) is 11.3 Å². The number of rotatable bonds is 12. The maximum absolute atomic E-state index is 14.1. The van der Waals surface area contributed by atoms with Crippen molar-refractivity contribution in [1.29, 1.82) is 0 Å². The number of anilines is 1. The van der Waals surface area contributed by atoms with Crippen molar-refractivity contribution in [1.82, 2.24) is 4.57 Å². The van der Waals surface area contributed by atoms with Gasteiger partial charge in [-0.2, -0.15) is 0 Å². The number of aliphatic carboxylic acids is 1. The number of hydrogen-bond donors (Lipinski definition) is 4. The van der Waals surface area contributed by atoms with Gasteiger partial charge in [-0.25, -0.2) is 4.39 Å². The lowest BCUT2D eigenvalue weighted by Gasteiger charge is -2.20. The first-order valence-corrected chi connectivity index (χ1v) is 14.0. The molecule has 0 spiro atoms. The number of aliphatic hydroxyl groups is 2. The molecule has 1 amide bonds. The molecular weight excluding hydrogens is 523 g/mol. The summed E-state index contributed by atoms with van der Waals surface area (Å²) in [6.45, 7) is 4.30. The highest BCUT2D eigenvalue weighted by atomic mass is 19.1. The van der Waals surface area contributed by atoms with Crippen LogP contribution in [0.3, 0.4) is 0 Å². The van der Waals surface area contributed by atoms with Crippen LogP contribution in [0.1, 0.15) is 73.5 Å². The van der Waals surface area contributed by atoms with Gasteiger partial charge < -0.3 is 25.2 Å². The Morgan fingerprint density at radius 1 is 1.00 bits per heavy atom. The van der Waals surface area contributed by atoms with E-state index in [0.717, 1.165) is 40.9 Å². The predicted molar refractivity (Wildman–Crippen MR) is 158 cm³/mol. The van der Waals surface area contributed by atoms with E-state index in [9.17, 15) is 24.2 Å². The highest BCUT2D eigenvalue weighted by molar-refractivity contribution is 6.11. The molecule has 0 aliphatic heterocycles. The number of benzene rings is 2. The smallest absolute Gasteiger partial charge is 0.305 e. The van der Waals surface area contributed by atoms with Crippen LogP contribution in [0.25, 0.3) is 16.8 Å². The zero-order valence-corrected chi connectivity index (χ0v) is 23.4. The third kappa shape index (κ3) is 7.39. The number of carboxylic acids is 1. The standard InChI is InChI=1S/C33H37FN2O5/c1-21(2)31-30(33(41)35-25-11-7-4-8-12-25)29(22-9-5-3-6-10-22)32(23-13-15-24(34)16-14-23)36(31)18-17-26(37)19-27(38)20-28(39)40/h4-5,7-16,21,26-27,37-38H,3,6,17-20H2,1-2H3,(H,35,41)(H,39,40). The van der Waals surface area contributed by atoms with Gasteiger partial charge in [-0.3, -0.25) is 9.59 Å². The lowest BCUT2D eigenvalue weighted by molar-refractivity contribution is -0.139. The SMILES string of the molecule is CC(C)c1c(C(=O)Nc2ccccc2)c(C2=CCCC=C2)c(-c2ccc(F)cc2)n1CCC(O)CC(O)CC(=O)O. The first kappa shape index (κ1) is 30.0. The van der Waals surface area contributed by atoms with Crippen LogP contribution in [0.15, 0.2) is 72.8 Å². The van der Waals surface area contributed by atoms with Gasteiger partial charge in [0.15, 0.2) is 0 Å². The molecule has 1 aliphatic carbocycles. The van der Waals surface area contributed by atoms with Gasteiger partial charge in [-0.05, 0) is 79.1 Å². The van der Waals surface area contributed by atoms with Crippen LogP contribution in [0.2, 0.25) is 0 Å². The fraction of sp³-hybridized carbons (Fsp3) is 0.333. The lowest BCUT2D eigenvalue weighted by atomic mass is 9.91. The molecule has 216 valence electrons. The number of carbonyl (C=O) groups excluding carboxylic acids is 1. The molecule has 1 aliphatic rings. The summed E-state index contributed by atoms with van der Waals surface area (Å²) in [5.41, 5.74) is 5.04. The van der Waals surface area contributed by atoms with Crippen LogP contribution in [-0.4, -0.2) is 44.0 Å². The van der Waals surface area contributed by atoms with E-state index in [2.05, 4.69) is 17.5 Å². The second-order valence-electron chi connectivity index (χ2n) is 10.7. The summed E-state index contributed by atoms with van der Waals surface area (Å²) in [4.78, 5) is 25.0.